The molecule has 3 N–H and O–H groups in total. The first-order chi connectivity index (χ1) is 23.8. The summed E-state index contributed by atoms with van der Waals surface area (Å²) in [6.07, 6.45) is 5.17. The van der Waals surface area contributed by atoms with Crippen molar-refractivity contribution >= 4 is 35.3 Å². The van der Waals surface area contributed by atoms with Gasteiger partial charge in [0.15, 0.2) is 5.78 Å². The first-order valence-electron chi connectivity index (χ1n) is 16.7. The zero-order chi connectivity index (χ0) is 34.8. The topological polar surface area (TPSA) is 157 Å². The van der Waals surface area contributed by atoms with Gasteiger partial charge in [0.25, 0.3) is 11.8 Å². The van der Waals surface area contributed by atoms with Crippen LogP contribution in [0.15, 0.2) is 72.8 Å². The first kappa shape index (κ1) is 35.2. The molecule has 49 heavy (non-hydrogen) atoms. The molecule has 0 spiro atoms. The Labute approximate surface area is 285 Å². The summed E-state index contributed by atoms with van der Waals surface area (Å²) < 4.78 is 10.6. The van der Waals surface area contributed by atoms with Gasteiger partial charge in [0.1, 0.15) is 18.6 Å². The van der Waals surface area contributed by atoms with Crippen molar-refractivity contribution in [1.29, 1.82) is 0 Å². The zero-order valence-electron chi connectivity index (χ0n) is 27.5. The van der Waals surface area contributed by atoms with Crippen molar-refractivity contribution in [2.75, 3.05) is 19.8 Å². The Hall–Kier alpha value is -5.16. The van der Waals surface area contributed by atoms with Gasteiger partial charge in [0.2, 0.25) is 11.7 Å². The summed E-state index contributed by atoms with van der Waals surface area (Å²) in [7, 11) is 0. The summed E-state index contributed by atoms with van der Waals surface area (Å²) in [5.41, 5.74) is 3.15. The van der Waals surface area contributed by atoms with Gasteiger partial charge in [-0.3, -0.25) is 28.8 Å². The molecule has 0 aliphatic heterocycles. The summed E-state index contributed by atoms with van der Waals surface area (Å²) in [6.45, 7) is 0.979. The summed E-state index contributed by atoms with van der Waals surface area (Å²) in [6, 6.07) is 18.9. The van der Waals surface area contributed by atoms with Gasteiger partial charge < -0.3 is 25.4 Å². The van der Waals surface area contributed by atoms with Crippen LogP contribution in [0.25, 0.3) is 11.1 Å². The summed E-state index contributed by atoms with van der Waals surface area (Å²) >= 11 is 0. The van der Waals surface area contributed by atoms with Crippen LogP contribution < -0.4 is 16.0 Å². The summed E-state index contributed by atoms with van der Waals surface area (Å²) in [5.74, 6) is -4.20. The van der Waals surface area contributed by atoms with Crippen LogP contribution in [0.5, 0.6) is 0 Å². The van der Waals surface area contributed by atoms with Crippen LogP contribution in [0.4, 0.5) is 0 Å². The van der Waals surface area contributed by atoms with Crippen LogP contribution in [0.3, 0.4) is 0 Å². The molecule has 2 aliphatic rings. The van der Waals surface area contributed by atoms with Crippen LogP contribution in [0, 0.1) is 5.92 Å². The van der Waals surface area contributed by atoms with E-state index in [1.54, 1.807) is 37.3 Å². The largest absolute Gasteiger partial charge is 0.465 e. The predicted octanol–water partition coefficient (Wildman–Crippen LogP) is 3.92. The average molecular weight is 668 g/mol. The van der Waals surface area contributed by atoms with E-state index in [1.807, 2.05) is 42.5 Å². The molecule has 0 bridgehead atoms. The molecular formula is C38H41N3O8. The Kier molecular flexibility index (Phi) is 12.0. The number of hydrogen-bond donors (Lipinski definition) is 3. The number of Topliss-reactive ketones (excluding diaryl/α,β-unsaturated/α-hetero) is 1. The zero-order valence-corrected chi connectivity index (χ0v) is 27.5. The highest BCUT2D eigenvalue weighted by Gasteiger charge is 2.35. The second kappa shape index (κ2) is 16.8. The number of hydrogen-bond acceptors (Lipinski definition) is 8. The third kappa shape index (κ3) is 8.85. The minimum absolute atomic E-state index is 0.107. The lowest BCUT2D eigenvalue weighted by Gasteiger charge is -2.28. The number of fused-ring (bicyclic) bond motifs is 3. The third-order valence-electron chi connectivity index (χ3n) is 8.87. The Bertz CT molecular complexity index is 1700. The molecule has 1 saturated carbocycles. The molecule has 256 valence electrons. The molecule has 11 heteroatoms. The van der Waals surface area contributed by atoms with Crippen LogP contribution >= 0.6 is 0 Å². The lowest BCUT2D eigenvalue weighted by molar-refractivity contribution is -0.146. The van der Waals surface area contributed by atoms with Crippen molar-refractivity contribution < 1.29 is 38.2 Å². The molecule has 2 aliphatic carbocycles. The van der Waals surface area contributed by atoms with E-state index in [0.717, 1.165) is 43.2 Å². The molecule has 0 unspecified atom stereocenters. The van der Waals surface area contributed by atoms with Gasteiger partial charge in [-0.2, -0.15) is 0 Å². The first-order valence-corrected chi connectivity index (χ1v) is 16.7. The summed E-state index contributed by atoms with van der Waals surface area (Å²) in [4.78, 5) is 79.2. The quantitative estimate of drug-likeness (QED) is 0.127. The normalized spacial score (nSPS) is 14.9. The fraction of sp³-hybridized carbons (Fsp3) is 0.368. The standard InChI is InChI=1S/C38H41N3O8/c1-2-49-32(42)21-39-38(47)35(44)31(23-48-22-25-14-7-4-8-15-25)41-37(46)30(20-24-12-5-3-6-13-24)40-36(45)29-19-11-18-27-26-16-9-10-17-28(26)34(43)33(27)29/h4,7-11,14-19,24,30-31H,2-3,5-6,12-13,20-23H2,1H3,(H,39,47)(H,40,45)(H,41,46)/t30-,31-/m0/s1. The SMILES string of the molecule is CCOC(=O)CNC(=O)C(=O)[C@H](COCc1ccccc1)NC(=O)[C@H](CC1CCCCC1)NC(=O)c1cccc2c1C(=O)c1ccccc1-2. The van der Waals surface area contributed by atoms with Gasteiger partial charge in [-0.05, 0) is 42.0 Å². The van der Waals surface area contributed by atoms with Gasteiger partial charge in [-0.1, -0.05) is 98.8 Å². The molecular weight excluding hydrogens is 626 g/mol. The number of ether oxygens (including phenoxy) is 2. The number of ketones is 2. The number of carbonyl (C=O) groups excluding carboxylic acids is 6. The van der Waals surface area contributed by atoms with Crippen LogP contribution in [-0.2, 0) is 35.3 Å². The van der Waals surface area contributed by atoms with Crippen molar-refractivity contribution in [2.24, 2.45) is 5.92 Å². The van der Waals surface area contributed by atoms with Crippen LogP contribution in [0.1, 0.15) is 77.3 Å². The van der Waals surface area contributed by atoms with Gasteiger partial charge in [-0.25, -0.2) is 0 Å². The van der Waals surface area contributed by atoms with Gasteiger partial charge in [0, 0.05) is 11.1 Å². The molecule has 3 aromatic rings. The summed E-state index contributed by atoms with van der Waals surface area (Å²) in [5, 5.41) is 7.74. The van der Waals surface area contributed by atoms with Crippen molar-refractivity contribution in [3.8, 4) is 11.1 Å². The molecule has 1 fully saturated rings. The van der Waals surface area contributed by atoms with E-state index in [9.17, 15) is 28.8 Å². The fourth-order valence-corrected chi connectivity index (χ4v) is 6.42. The van der Waals surface area contributed by atoms with E-state index in [0.29, 0.717) is 17.5 Å². The van der Waals surface area contributed by atoms with Gasteiger partial charge in [-0.15, -0.1) is 0 Å². The number of benzene rings is 3. The average Bonchev–Trinajstić information content (AvgIpc) is 3.42. The maximum absolute atomic E-state index is 14.0. The lowest BCUT2D eigenvalue weighted by Crippen LogP contribution is -2.56. The molecule has 2 atom stereocenters. The van der Waals surface area contributed by atoms with E-state index in [4.69, 9.17) is 9.47 Å². The second-order valence-electron chi connectivity index (χ2n) is 12.3. The van der Waals surface area contributed by atoms with Crippen molar-refractivity contribution in [1.82, 2.24) is 16.0 Å². The Balaban J connectivity index is 1.35. The minimum Gasteiger partial charge on any atom is -0.465 e. The van der Waals surface area contributed by atoms with E-state index < -0.39 is 48.1 Å². The van der Waals surface area contributed by atoms with Crippen LogP contribution in [0.2, 0.25) is 0 Å². The number of nitrogens with one attached hydrogen (secondary N) is 3. The van der Waals surface area contributed by atoms with Gasteiger partial charge >= 0.3 is 5.97 Å². The highest BCUT2D eigenvalue weighted by Crippen LogP contribution is 2.38. The smallest absolute Gasteiger partial charge is 0.325 e. The number of rotatable bonds is 15. The van der Waals surface area contributed by atoms with E-state index >= 15 is 0 Å². The van der Waals surface area contributed by atoms with Crippen LogP contribution in [-0.4, -0.2) is 67.1 Å². The van der Waals surface area contributed by atoms with Crippen molar-refractivity contribution in [3.63, 3.8) is 0 Å². The molecule has 3 aromatic carbocycles. The molecule has 0 heterocycles. The molecule has 3 amide bonds. The van der Waals surface area contributed by atoms with Gasteiger partial charge in [0.05, 0.1) is 25.4 Å². The maximum atomic E-state index is 14.0. The molecule has 5 rings (SSSR count). The molecule has 0 radical (unpaired) electrons. The fourth-order valence-electron chi connectivity index (χ4n) is 6.42. The minimum atomic E-state index is -1.42. The Morgan fingerprint density at radius 1 is 0.796 bits per heavy atom. The molecule has 11 nitrogen and oxygen atoms in total. The van der Waals surface area contributed by atoms with E-state index in [1.165, 1.54) is 0 Å². The second-order valence-corrected chi connectivity index (χ2v) is 12.3. The highest BCUT2D eigenvalue weighted by atomic mass is 16.5. The van der Waals surface area contributed by atoms with E-state index in [-0.39, 0.29) is 42.6 Å². The predicted molar refractivity (Wildman–Crippen MR) is 180 cm³/mol. The number of amides is 3. The lowest BCUT2D eigenvalue weighted by atomic mass is 9.84. The van der Waals surface area contributed by atoms with Crippen molar-refractivity contribution in [2.45, 2.75) is 64.1 Å². The van der Waals surface area contributed by atoms with Crippen molar-refractivity contribution in [3.05, 3.63) is 95.1 Å². The maximum Gasteiger partial charge on any atom is 0.325 e. The Morgan fingerprint density at radius 3 is 2.22 bits per heavy atom. The third-order valence-corrected chi connectivity index (χ3v) is 8.87. The molecule has 0 saturated heterocycles. The number of carbonyl (C=O) groups is 6. The molecule has 0 aromatic heterocycles. The Morgan fingerprint density at radius 2 is 1.49 bits per heavy atom. The number of esters is 1. The van der Waals surface area contributed by atoms with E-state index in [2.05, 4.69) is 16.0 Å². The highest BCUT2D eigenvalue weighted by molar-refractivity contribution is 6.38. The monoisotopic (exact) mass is 667 g/mol.